The van der Waals surface area contributed by atoms with Gasteiger partial charge in [0.25, 0.3) is 0 Å². The van der Waals surface area contributed by atoms with E-state index in [0.29, 0.717) is 44.1 Å². The van der Waals surface area contributed by atoms with Crippen molar-refractivity contribution < 1.29 is 19.5 Å². The summed E-state index contributed by atoms with van der Waals surface area (Å²) in [5.41, 5.74) is 1.13. The van der Waals surface area contributed by atoms with Crippen LogP contribution in [0.5, 0.6) is 0 Å². The summed E-state index contributed by atoms with van der Waals surface area (Å²) >= 11 is 0. The zero-order valence-corrected chi connectivity index (χ0v) is 17.4. The standard InChI is InChI=1S/C24H27N3O4/c28-17-24(15-18-7-3-1-4-8-18)16-27(14-13-20(24)29)22(30)12-11-21-25-23(26-31-21)19-9-5-2-6-10-19/h1-10,20,28-29H,11-17H2/t20-,24+/m0/s1. The predicted molar refractivity (Wildman–Crippen MR) is 115 cm³/mol. The number of hydrogen-bond donors (Lipinski definition) is 2. The Labute approximate surface area is 181 Å². The fourth-order valence-electron chi connectivity index (χ4n) is 4.18. The smallest absolute Gasteiger partial charge is 0.227 e. The molecule has 31 heavy (non-hydrogen) atoms. The average molecular weight is 421 g/mol. The summed E-state index contributed by atoms with van der Waals surface area (Å²) in [4.78, 5) is 19.0. The van der Waals surface area contributed by atoms with Gasteiger partial charge in [0.05, 0.1) is 12.7 Å². The van der Waals surface area contributed by atoms with Crippen LogP contribution in [0.3, 0.4) is 0 Å². The maximum atomic E-state index is 12.9. The Morgan fingerprint density at radius 2 is 1.84 bits per heavy atom. The average Bonchev–Trinajstić information content (AvgIpc) is 3.29. The lowest BCUT2D eigenvalue weighted by Gasteiger charge is -2.45. The van der Waals surface area contributed by atoms with E-state index in [2.05, 4.69) is 10.1 Å². The highest BCUT2D eigenvalue weighted by Gasteiger charge is 2.43. The van der Waals surface area contributed by atoms with Gasteiger partial charge in [-0.1, -0.05) is 65.8 Å². The number of carbonyl (C=O) groups is 1. The molecule has 0 unspecified atom stereocenters. The minimum absolute atomic E-state index is 0.0442. The van der Waals surface area contributed by atoms with Crippen molar-refractivity contribution in [2.75, 3.05) is 19.7 Å². The highest BCUT2D eigenvalue weighted by atomic mass is 16.5. The molecule has 162 valence electrons. The molecule has 2 N–H and O–H groups in total. The van der Waals surface area contributed by atoms with E-state index in [1.807, 2.05) is 60.7 Å². The molecule has 1 aliphatic heterocycles. The molecular formula is C24H27N3O4. The minimum atomic E-state index is -0.764. The zero-order chi connectivity index (χ0) is 21.7. The van der Waals surface area contributed by atoms with Crippen LogP contribution in [0.1, 0.15) is 24.3 Å². The lowest BCUT2D eigenvalue weighted by molar-refractivity contribution is -0.141. The molecule has 2 heterocycles. The molecule has 3 aromatic rings. The van der Waals surface area contributed by atoms with Crippen molar-refractivity contribution >= 4 is 5.91 Å². The first kappa shape index (κ1) is 21.2. The van der Waals surface area contributed by atoms with Crippen molar-refractivity contribution in [3.63, 3.8) is 0 Å². The minimum Gasteiger partial charge on any atom is -0.396 e. The Kier molecular flexibility index (Phi) is 6.44. The fraction of sp³-hybridized carbons (Fsp3) is 0.375. The molecule has 1 saturated heterocycles. The number of aliphatic hydroxyl groups is 2. The van der Waals surface area contributed by atoms with Gasteiger partial charge in [0, 0.05) is 36.9 Å². The van der Waals surface area contributed by atoms with Gasteiger partial charge >= 0.3 is 0 Å². The van der Waals surface area contributed by atoms with Gasteiger partial charge in [-0.15, -0.1) is 0 Å². The number of rotatable bonds is 7. The van der Waals surface area contributed by atoms with E-state index >= 15 is 0 Å². The first-order valence-electron chi connectivity index (χ1n) is 10.6. The number of likely N-dealkylation sites (tertiary alicyclic amines) is 1. The summed E-state index contributed by atoms with van der Waals surface area (Å²) < 4.78 is 5.30. The highest BCUT2D eigenvalue weighted by molar-refractivity contribution is 5.76. The molecule has 2 aromatic carbocycles. The van der Waals surface area contributed by atoms with Crippen LogP contribution >= 0.6 is 0 Å². The highest BCUT2D eigenvalue weighted by Crippen LogP contribution is 2.34. The van der Waals surface area contributed by atoms with E-state index in [1.54, 1.807) is 4.90 Å². The van der Waals surface area contributed by atoms with Crippen LogP contribution in [0, 0.1) is 5.41 Å². The van der Waals surface area contributed by atoms with Crippen molar-refractivity contribution in [2.45, 2.75) is 31.8 Å². The van der Waals surface area contributed by atoms with E-state index in [9.17, 15) is 15.0 Å². The monoisotopic (exact) mass is 421 g/mol. The number of hydrogen-bond acceptors (Lipinski definition) is 6. The van der Waals surface area contributed by atoms with Crippen LogP contribution in [-0.2, 0) is 17.6 Å². The molecule has 0 saturated carbocycles. The molecule has 1 aromatic heterocycles. The first-order valence-corrected chi connectivity index (χ1v) is 10.6. The van der Waals surface area contributed by atoms with Gasteiger partial charge < -0.3 is 19.6 Å². The molecule has 1 fully saturated rings. The van der Waals surface area contributed by atoms with E-state index in [4.69, 9.17) is 4.52 Å². The Balaban J connectivity index is 1.39. The van der Waals surface area contributed by atoms with Crippen molar-refractivity contribution in [1.29, 1.82) is 0 Å². The third kappa shape index (κ3) is 4.84. The topological polar surface area (TPSA) is 99.7 Å². The van der Waals surface area contributed by atoms with E-state index in [-0.39, 0.29) is 18.9 Å². The lowest BCUT2D eigenvalue weighted by Crippen LogP contribution is -2.56. The number of aliphatic hydroxyl groups excluding tert-OH is 2. The summed E-state index contributed by atoms with van der Waals surface area (Å²) in [5, 5.41) is 24.8. The normalized spacial score (nSPS) is 21.2. The first-order chi connectivity index (χ1) is 15.1. The van der Waals surface area contributed by atoms with Crippen LogP contribution in [0.2, 0.25) is 0 Å². The summed E-state index contributed by atoms with van der Waals surface area (Å²) in [7, 11) is 0. The largest absolute Gasteiger partial charge is 0.396 e. The Morgan fingerprint density at radius 1 is 1.13 bits per heavy atom. The van der Waals surface area contributed by atoms with Crippen molar-refractivity contribution in [2.24, 2.45) is 5.41 Å². The Morgan fingerprint density at radius 3 is 2.55 bits per heavy atom. The third-order valence-electron chi connectivity index (χ3n) is 6.00. The van der Waals surface area contributed by atoms with Crippen molar-refractivity contribution in [3.05, 3.63) is 72.1 Å². The second-order valence-electron chi connectivity index (χ2n) is 8.18. The molecule has 0 spiro atoms. The van der Waals surface area contributed by atoms with Gasteiger partial charge in [0.1, 0.15) is 0 Å². The SMILES string of the molecule is O=C(CCc1nc(-c2ccccc2)no1)N1CC[C@H](O)[C@](CO)(Cc2ccccc2)C1. The summed E-state index contributed by atoms with van der Waals surface area (Å²) in [6.07, 6.45) is 0.880. The van der Waals surface area contributed by atoms with E-state index in [0.717, 1.165) is 11.1 Å². The van der Waals surface area contributed by atoms with Gasteiger partial charge in [0.2, 0.25) is 17.6 Å². The zero-order valence-electron chi connectivity index (χ0n) is 17.4. The molecule has 0 aliphatic carbocycles. The number of carbonyl (C=O) groups excluding carboxylic acids is 1. The molecule has 1 amide bonds. The van der Waals surface area contributed by atoms with Crippen LogP contribution < -0.4 is 0 Å². The van der Waals surface area contributed by atoms with Crippen molar-refractivity contribution in [3.8, 4) is 11.4 Å². The Hall–Kier alpha value is -3.03. The quantitative estimate of drug-likeness (QED) is 0.608. The summed E-state index contributed by atoms with van der Waals surface area (Å²) in [6, 6.07) is 19.3. The van der Waals surface area contributed by atoms with Crippen LogP contribution in [-0.4, -0.2) is 57.0 Å². The van der Waals surface area contributed by atoms with Gasteiger partial charge in [-0.3, -0.25) is 4.79 Å². The molecule has 7 nitrogen and oxygen atoms in total. The third-order valence-corrected chi connectivity index (χ3v) is 6.00. The van der Waals surface area contributed by atoms with Gasteiger partial charge in [-0.05, 0) is 18.4 Å². The second-order valence-corrected chi connectivity index (χ2v) is 8.18. The molecule has 2 atom stereocenters. The fourth-order valence-corrected chi connectivity index (χ4v) is 4.18. The second kappa shape index (κ2) is 9.41. The van der Waals surface area contributed by atoms with Crippen LogP contribution in [0.25, 0.3) is 11.4 Å². The predicted octanol–water partition coefficient (Wildman–Crippen LogP) is 2.48. The number of nitrogens with zero attached hydrogens (tertiary/aromatic N) is 3. The van der Waals surface area contributed by atoms with Gasteiger partial charge in [-0.2, -0.15) is 4.98 Å². The number of piperidine rings is 1. The van der Waals surface area contributed by atoms with E-state index in [1.165, 1.54) is 0 Å². The molecule has 7 heteroatoms. The lowest BCUT2D eigenvalue weighted by atomic mass is 9.73. The van der Waals surface area contributed by atoms with Crippen LogP contribution in [0.15, 0.2) is 65.2 Å². The van der Waals surface area contributed by atoms with Gasteiger partial charge in [0.15, 0.2) is 0 Å². The molecule has 0 bridgehead atoms. The molecule has 4 rings (SSSR count). The van der Waals surface area contributed by atoms with Crippen LogP contribution in [0.4, 0.5) is 0 Å². The number of aryl methyl sites for hydroxylation is 1. The molecular weight excluding hydrogens is 394 g/mol. The van der Waals surface area contributed by atoms with E-state index < -0.39 is 11.5 Å². The Bertz CT molecular complexity index is 992. The number of benzene rings is 2. The van der Waals surface area contributed by atoms with Gasteiger partial charge in [-0.25, -0.2) is 0 Å². The molecule has 1 aliphatic rings. The maximum absolute atomic E-state index is 12.9. The number of amides is 1. The van der Waals surface area contributed by atoms with Crippen molar-refractivity contribution in [1.82, 2.24) is 15.0 Å². The maximum Gasteiger partial charge on any atom is 0.227 e. The summed E-state index contributed by atoms with van der Waals surface area (Å²) in [5.74, 6) is 0.880. The number of aromatic nitrogens is 2. The summed E-state index contributed by atoms with van der Waals surface area (Å²) in [6.45, 7) is 0.601. The molecule has 0 radical (unpaired) electrons.